The average Bonchev–Trinajstić information content (AvgIpc) is 2.87. The number of rotatable bonds is 1. The van der Waals surface area contributed by atoms with Crippen LogP contribution in [0.15, 0.2) is 29.1 Å². The van der Waals surface area contributed by atoms with Crippen LogP contribution in [0.25, 0.3) is 15.9 Å². The van der Waals surface area contributed by atoms with E-state index in [4.69, 9.17) is 5.73 Å². The minimum atomic E-state index is -0.0363. The van der Waals surface area contributed by atoms with Gasteiger partial charge in [-0.1, -0.05) is 17.7 Å². The molecule has 4 nitrogen and oxygen atoms in total. The highest BCUT2D eigenvalue weighted by atomic mass is 32.1. The van der Waals surface area contributed by atoms with Crippen molar-refractivity contribution in [1.82, 2.24) is 9.55 Å². The summed E-state index contributed by atoms with van der Waals surface area (Å²) in [6, 6.07) is 7.79. The fourth-order valence-corrected chi connectivity index (χ4v) is 4.42. The Morgan fingerprint density at radius 1 is 1.18 bits per heavy atom. The van der Waals surface area contributed by atoms with Gasteiger partial charge in [0.2, 0.25) is 5.95 Å². The van der Waals surface area contributed by atoms with Gasteiger partial charge in [0.15, 0.2) is 0 Å². The number of hydrogen-bond donors (Lipinski definition) is 1. The lowest BCUT2D eigenvalue weighted by molar-refractivity contribution is 0.699. The molecule has 1 aromatic carbocycles. The van der Waals surface area contributed by atoms with E-state index in [1.807, 2.05) is 31.2 Å². The van der Waals surface area contributed by atoms with E-state index in [1.165, 1.54) is 21.4 Å². The minimum absolute atomic E-state index is 0.0363. The molecule has 1 aliphatic rings. The molecule has 0 saturated carbocycles. The molecule has 4 rings (SSSR count). The zero-order valence-electron chi connectivity index (χ0n) is 12.4. The number of anilines is 1. The van der Waals surface area contributed by atoms with Gasteiger partial charge in [0.1, 0.15) is 4.83 Å². The summed E-state index contributed by atoms with van der Waals surface area (Å²) in [5, 5.41) is 0.773. The fraction of sp³-hybridized carbons (Fsp3) is 0.294. The average molecular weight is 311 g/mol. The van der Waals surface area contributed by atoms with Crippen LogP contribution in [0.4, 0.5) is 5.95 Å². The monoisotopic (exact) mass is 311 g/mol. The number of thiophene rings is 1. The van der Waals surface area contributed by atoms with Gasteiger partial charge in [-0.05, 0) is 50.3 Å². The van der Waals surface area contributed by atoms with E-state index in [9.17, 15) is 4.79 Å². The summed E-state index contributed by atoms with van der Waals surface area (Å²) < 4.78 is 1.53. The van der Waals surface area contributed by atoms with Crippen molar-refractivity contribution in [3.8, 4) is 5.69 Å². The van der Waals surface area contributed by atoms with E-state index >= 15 is 0 Å². The molecule has 2 heterocycles. The molecule has 3 aromatic rings. The molecule has 22 heavy (non-hydrogen) atoms. The number of aromatic nitrogens is 2. The summed E-state index contributed by atoms with van der Waals surface area (Å²) in [6.07, 6.45) is 4.37. The summed E-state index contributed by atoms with van der Waals surface area (Å²) in [6.45, 7) is 2.02. The Hall–Kier alpha value is -2.14. The van der Waals surface area contributed by atoms with Crippen molar-refractivity contribution in [3.05, 3.63) is 50.6 Å². The quantitative estimate of drug-likeness (QED) is 0.750. The number of hydrogen-bond acceptors (Lipinski definition) is 4. The smallest absolute Gasteiger partial charge is 0.268 e. The predicted molar refractivity (Wildman–Crippen MR) is 91.0 cm³/mol. The second-order valence-corrected chi connectivity index (χ2v) is 6.92. The van der Waals surface area contributed by atoms with Gasteiger partial charge in [0.25, 0.3) is 5.56 Å². The number of fused-ring (bicyclic) bond motifs is 3. The molecule has 2 aromatic heterocycles. The Morgan fingerprint density at radius 3 is 2.68 bits per heavy atom. The molecule has 0 radical (unpaired) electrons. The molecule has 112 valence electrons. The highest BCUT2D eigenvalue weighted by Gasteiger charge is 2.21. The van der Waals surface area contributed by atoms with Crippen molar-refractivity contribution in [3.63, 3.8) is 0 Å². The van der Waals surface area contributed by atoms with Crippen LogP contribution in [0.5, 0.6) is 0 Å². The minimum Gasteiger partial charge on any atom is -0.369 e. The van der Waals surface area contributed by atoms with Crippen LogP contribution in [-0.2, 0) is 12.8 Å². The Bertz CT molecular complexity index is 922. The lowest BCUT2D eigenvalue weighted by Gasteiger charge is -2.12. The molecule has 0 saturated heterocycles. The fourth-order valence-electron chi connectivity index (χ4n) is 3.16. The molecule has 0 spiro atoms. The van der Waals surface area contributed by atoms with Crippen molar-refractivity contribution >= 4 is 27.5 Å². The van der Waals surface area contributed by atoms with Crippen LogP contribution < -0.4 is 11.3 Å². The third-order valence-corrected chi connectivity index (χ3v) is 5.49. The van der Waals surface area contributed by atoms with Crippen molar-refractivity contribution in [2.75, 3.05) is 5.73 Å². The van der Waals surface area contributed by atoms with Crippen LogP contribution in [0.2, 0.25) is 0 Å². The number of nitrogen functional groups attached to an aromatic ring is 1. The normalized spacial score (nSPS) is 14.2. The molecule has 0 fully saturated rings. The third kappa shape index (κ3) is 1.96. The Balaban J connectivity index is 2.03. The predicted octanol–water partition coefficient (Wildman–Crippen LogP) is 3.22. The number of nitrogens with zero attached hydrogens (tertiary/aromatic N) is 2. The standard InChI is InChI=1S/C17H17N3OS/c1-10-6-8-11(9-7-10)20-16(21)14-12-4-2-3-5-13(12)22-15(14)19-17(20)18/h6-9H,2-5H2,1H3,(H2,18,19). The second-order valence-electron chi connectivity index (χ2n) is 5.84. The molecular weight excluding hydrogens is 294 g/mol. The zero-order valence-corrected chi connectivity index (χ0v) is 13.2. The lowest BCUT2D eigenvalue weighted by atomic mass is 9.97. The van der Waals surface area contributed by atoms with Crippen molar-refractivity contribution in [1.29, 1.82) is 0 Å². The Morgan fingerprint density at radius 2 is 1.91 bits per heavy atom. The van der Waals surface area contributed by atoms with Crippen LogP contribution in [0, 0.1) is 6.92 Å². The van der Waals surface area contributed by atoms with Crippen LogP contribution in [0.3, 0.4) is 0 Å². The van der Waals surface area contributed by atoms with Gasteiger partial charge in [-0.2, -0.15) is 0 Å². The first-order chi connectivity index (χ1) is 10.6. The maximum atomic E-state index is 13.0. The third-order valence-electron chi connectivity index (χ3n) is 4.31. The van der Waals surface area contributed by atoms with E-state index < -0.39 is 0 Å². The van der Waals surface area contributed by atoms with Gasteiger partial charge >= 0.3 is 0 Å². The Labute approximate surface area is 132 Å². The highest BCUT2D eigenvalue weighted by molar-refractivity contribution is 7.18. The van der Waals surface area contributed by atoms with Gasteiger partial charge in [-0.15, -0.1) is 11.3 Å². The molecule has 0 unspecified atom stereocenters. The van der Waals surface area contributed by atoms with E-state index in [0.717, 1.165) is 40.7 Å². The second kappa shape index (κ2) is 4.95. The molecule has 5 heteroatoms. The first-order valence-corrected chi connectivity index (χ1v) is 8.36. The molecule has 2 N–H and O–H groups in total. The number of aryl methyl sites for hydroxylation is 3. The summed E-state index contributed by atoms with van der Waals surface area (Å²) >= 11 is 1.63. The SMILES string of the molecule is Cc1ccc(-n2c(N)nc3sc4c(c3c2=O)CCCC4)cc1. The molecule has 0 amide bonds. The summed E-state index contributed by atoms with van der Waals surface area (Å²) in [5.74, 6) is 0.264. The van der Waals surface area contributed by atoms with Crippen molar-refractivity contribution in [2.45, 2.75) is 32.6 Å². The van der Waals surface area contributed by atoms with E-state index in [-0.39, 0.29) is 11.5 Å². The maximum absolute atomic E-state index is 13.0. The first kappa shape index (κ1) is 13.5. The van der Waals surface area contributed by atoms with E-state index in [0.29, 0.717) is 0 Å². The maximum Gasteiger partial charge on any atom is 0.268 e. The van der Waals surface area contributed by atoms with Gasteiger partial charge in [-0.25, -0.2) is 9.55 Å². The van der Waals surface area contributed by atoms with Crippen LogP contribution in [0.1, 0.15) is 28.8 Å². The summed E-state index contributed by atoms with van der Waals surface area (Å²) in [4.78, 5) is 19.6. The first-order valence-electron chi connectivity index (χ1n) is 7.55. The molecule has 0 atom stereocenters. The number of nitrogens with two attached hydrogens (primary N) is 1. The topological polar surface area (TPSA) is 60.9 Å². The van der Waals surface area contributed by atoms with Crippen LogP contribution in [-0.4, -0.2) is 9.55 Å². The van der Waals surface area contributed by atoms with E-state index in [1.54, 1.807) is 11.3 Å². The van der Waals surface area contributed by atoms with E-state index in [2.05, 4.69) is 4.98 Å². The molecule has 0 aliphatic heterocycles. The van der Waals surface area contributed by atoms with Crippen molar-refractivity contribution < 1.29 is 0 Å². The van der Waals surface area contributed by atoms with Gasteiger partial charge < -0.3 is 5.73 Å². The summed E-state index contributed by atoms with van der Waals surface area (Å²) in [5.41, 5.74) is 9.16. The Kier molecular flexibility index (Phi) is 3.04. The number of benzene rings is 1. The molecular formula is C17H17N3OS. The molecule has 0 bridgehead atoms. The zero-order chi connectivity index (χ0) is 15.3. The van der Waals surface area contributed by atoms with Gasteiger partial charge in [0, 0.05) is 4.88 Å². The highest BCUT2D eigenvalue weighted by Crippen LogP contribution is 2.34. The molecule has 1 aliphatic carbocycles. The summed E-state index contributed by atoms with van der Waals surface area (Å²) in [7, 11) is 0. The van der Waals surface area contributed by atoms with Gasteiger partial charge in [-0.3, -0.25) is 4.79 Å². The van der Waals surface area contributed by atoms with Crippen molar-refractivity contribution in [2.24, 2.45) is 0 Å². The largest absolute Gasteiger partial charge is 0.369 e. The van der Waals surface area contributed by atoms with Gasteiger partial charge in [0.05, 0.1) is 11.1 Å². The lowest BCUT2D eigenvalue weighted by Crippen LogP contribution is -2.23. The van der Waals surface area contributed by atoms with Crippen LogP contribution >= 0.6 is 11.3 Å².